The minimum atomic E-state index is -4.70. The molecule has 0 bridgehead atoms. The number of hydrogen-bond acceptors (Lipinski definition) is 3. The Labute approximate surface area is 146 Å². The maximum Gasteiger partial charge on any atom is 0.417 e. The Balaban J connectivity index is 2.20. The van der Waals surface area contributed by atoms with Gasteiger partial charge in [-0.3, -0.25) is 10.1 Å². The molecule has 132 valence electrons. The van der Waals surface area contributed by atoms with Gasteiger partial charge in [-0.15, -0.1) is 0 Å². The number of rotatable bonds is 2. The molecule has 2 N–H and O–H groups in total. The van der Waals surface area contributed by atoms with Crippen LogP contribution in [0.1, 0.15) is 23.6 Å². The van der Waals surface area contributed by atoms with Crippen molar-refractivity contribution < 1.29 is 22.8 Å². The first-order valence-corrected chi connectivity index (χ1v) is 7.51. The zero-order valence-electron chi connectivity index (χ0n) is 13.4. The summed E-state index contributed by atoms with van der Waals surface area (Å²) in [5.74, 6) is -0.598. The maximum atomic E-state index is 13.2. The molecule has 0 spiro atoms. The SMILES string of the molecule is CC1(c2ccccc2-c2ccc(C#N)c(C(F)(F)F)c2)NC(=O)NC1=O. The number of urea groups is 1. The summed E-state index contributed by atoms with van der Waals surface area (Å²) >= 11 is 0. The zero-order valence-corrected chi connectivity index (χ0v) is 13.4. The van der Waals surface area contributed by atoms with E-state index in [2.05, 4.69) is 10.6 Å². The number of alkyl halides is 3. The highest BCUT2D eigenvalue weighted by atomic mass is 19.4. The lowest BCUT2D eigenvalue weighted by atomic mass is 9.85. The van der Waals surface area contributed by atoms with Gasteiger partial charge in [0.2, 0.25) is 0 Å². The summed E-state index contributed by atoms with van der Waals surface area (Å²) in [6.07, 6.45) is -4.70. The number of carbonyl (C=O) groups excluding carboxylic acids is 2. The fourth-order valence-electron chi connectivity index (χ4n) is 2.95. The molecule has 0 saturated carbocycles. The average molecular weight is 359 g/mol. The van der Waals surface area contributed by atoms with Gasteiger partial charge in [0.15, 0.2) is 0 Å². The summed E-state index contributed by atoms with van der Waals surface area (Å²) < 4.78 is 39.7. The summed E-state index contributed by atoms with van der Waals surface area (Å²) in [7, 11) is 0. The lowest BCUT2D eigenvalue weighted by Crippen LogP contribution is -2.41. The largest absolute Gasteiger partial charge is 0.417 e. The fraction of sp³-hybridized carbons (Fsp3) is 0.167. The van der Waals surface area contributed by atoms with Crippen LogP contribution in [0.3, 0.4) is 0 Å². The van der Waals surface area contributed by atoms with Gasteiger partial charge in [-0.1, -0.05) is 30.3 Å². The van der Waals surface area contributed by atoms with Gasteiger partial charge in [0.1, 0.15) is 5.54 Å². The van der Waals surface area contributed by atoms with E-state index in [1.54, 1.807) is 24.3 Å². The number of benzene rings is 2. The van der Waals surface area contributed by atoms with Gasteiger partial charge < -0.3 is 5.32 Å². The molecular formula is C18H12F3N3O2. The molecule has 8 heteroatoms. The zero-order chi connectivity index (χ0) is 19.1. The first kappa shape index (κ1) is 17.5. The molecule has 3 amide bonds. The molecule has 3 rings (SSSR count). The fourth-order valence-corrected chi connectivity index (χ4v) is 2.95. The van der Waals surface area contributed by atoms with Crippen molar-refractivity contribution in [2.45, 2.75) is 18.6 Å². The molecule has 5 nitrogen and oxygen atoms in total. The Morgan fingerprint density at radius 2 is 1.81 bits per heavy atom. The normalized spacial score (nSPS) is 19.7. The first-order valence-electron chi connectivity index (χ1n) is 7.51. The van der Waals surface area contributed by atoms with Gasteiger partial charge in [0.25, 0.3) is 5.91 Å². The second kappa shape index (κ2) is 5.88. The first-order chi connectivity index (χ1) is 12.2. The Bertz CT molecular complexity index is 963. The minimum absolute atomic E-state index is 0.182. The standard InChI is InChI=1S/C18H12F3N3O2/c1-17(15(25)23-16(26)24-17)13-5-3-2-4-12(13)10-6-7-11(9-22)14(8-10)18(19,20)21/h2-8H,1H3,(H2,23,24,25,26). The Morgan fingerprint density at radius 3 is 2.38 bits per heavy atom. The van der Waals surface area contributed by atoms with Crippen LogP contribution < -0.4 is 10.6 Å². The molecule has 1 unspecified atom stereocenters. The van der Waals surface area contributed by atoms with Crippen LogP contribution in [-0.4, -0.2) is 11.9 Å². The van der Waals surface area contributed by atoms with Gasteiger partial charge in [0, 0.05) is 0 Å². The van der Waals surface area contributed by atoms with Crippen LogP contribution >= 0.6 is 0 Å². The van der Waals surface area contributed by atoms with Crippen LogP contribution in [0, 0.1) is 11.3 Å². The highest BCUT2D eigenvalue weighted by Crippen LogP contribution is 2.38. The van der Waals surface area contributed by atoms with E-state index in [1.165, 1.54) is 19.1 Å². The van der Waals surface area contributed by atoms with Crippen molar-refractivity contribution in [3.63, 3.8) is 0 Å². The van der Waals surface area contributed by atoms with Crippen molar-refractivity contribution in [3.8, 4) is 17.2 Å². The van der Waals surface area contributed by atoms with Gasteiger partial charge in [-0.2, -0.15) is 18.4 Å². The van der Waals surface area contributed by atoms with Crippen molar-refractivity contribution in [3.05, 3.63) is 59.2 Å². The number of nitrogens with zero attached hydrogens (tertiary/aromatic N) is 1. The lowest BCUT2D eigenvalue weighted by Gasteiger charge is -2.24. The maximum absolute atomic E-state index is 13.2. The number of carbonyl (C=O) groups is 2. The Morgan fingerprint density at radius 1 is 1.12 bits per heavy atom. The molecule has 0 aromatic heterocycles. The van der Waals surface area contributed by atoms with Gasteiger partial charge in [-0.05, 0) is 35.7 Å². The van der Waals surface area contributed by atoms with E-state index < -0.39 is 34.8 Å². The van der Waals surface area contributed by atoms with Crippen LogP contribution in [0.4, 0.5) is 18.0 Å². The number of imide groups is 1. The summed E-state index contributed by atoms with van der Waals surface area (Å²) in [5.41, 5.74) is -2.08. The third-order valence-electron chi connectivity index (χ3n) is 4.27. The second-order valence-corrected chi connectivity index (χ2v) is 5.95. The molecule has 0 aliphatic carbocycles. The third-order valence-corrected chi connectivity index (χ3v) is 4.27. The number of nitrogens with one attached hydrogen (secondary N) is 2. The predicted molar refractivity (Wildman–Crippen MR) is 85.6 cm³/mol. The third kappa shape index (κ3) is 2.77. The van der Waals surface area contributed by atoms with Crippen LogP contribution in [0.2, 0.25) is 0 Å². The minimum Gasteiger partial charge on any atom is -0.320 e. The molecule has 26 heavy (non-hydrogen) atoms. The predicted octanol–water partition coefficient (Wildman–Crippen LogP) is 3.30. The van der Waals surface area contributed by atoms with E-state index in [9.17, 15) is 22.8 Å². The number of hydrogen-bond donors (Lipinski definition) is 2. The molecule has 1 saturated heterocycles. The van der Waals surface area contributed by atoms with Crippen molar-refractivity contribution in [1.82, 2.24) is 10.6 Å². The quantitative estimate of drug-likeness (QED) is 0.807. The van der Waals surface area contributed by atoms with Crippen LogP contribution in [-0.2, 0) is 16.5 Å². The van der Waals surface area contributed by atoms with Gasteiger partial charge in [0.05, 0.1) is 17.2 Å². The van der Waals surface area contributed by atoms with Gasteiger partial charge in [-0.25, -0.2) is 4.79 Å². The average Bonchev–Trinajstić information content (AvgIpc) is 2.86. The number of amides is 3. The summed E-state index contributed by atoms with van der Waals surface area (Å²) in [6, 6.07) is 10.5. The summed E-state index contributed by atoms with van der Waals surface area (Å²) in [5, 5.41) is 13.6. The molecule has 1 heterocycles. The molecule has 2 aromatic carbocycles. The van der Waals surface area contributed by atoms with Crippen LogP contribution in [0.25, 0.3) is 11.1 Å². The molecule has 2 aromatic rings. The van der Waals surface area contributed by atoms with E-state index in [1.807, 2.05) is 0 Å². The van der Waals surface area contributed by atoms with Crippen molar-refractivity contribution in [2.75, 3.05) is 0 Å². The molecule has 1 aliphatic rings. The molecule has 1 fully saturated rings. The van der Waals surface area contributed by atoms with E-state index >= 15 is 0 Å². The van der Waals surface area contributed by atoms with E-state index in [0.717, 1.165) is 12.1 Å². The molecule has 1 atom stereocenters. The summed E-state index contributed by atoms with van der Waals surface area (Å²) in [4.78, 5) is 23.7. The van der Waals surface area contributed by atoms with Crippen molar-refractivity contribution in [2.24, 2.45) is 0 Å². The summed E-state index contributed by atoms with van der Waals surface area (Å²) in [6.45, 7) is 1.47. The molecule has 1 aliphatic heterocycles. The van der Waals surface area contributed by atoms with E-state index in [0.29, 0.717) is 11.1 Å². The molecule has 0 radical (unpaired) electrons. The highest BCUT2D eigenvalue weighted by molar-refractivity contribution is 6.08. The lowest BCUT2D eigenvalue weighted by molar-refractivity contribution is -0.137. The van der Waals surface area contributed by atoms with Gasteiger partial charge >= 0.3 is 12.2 Å². The van der Waals surface area contributed by atoms with Crippen molar-refractivity contribution in [1.29, 1.82) is 5.26 Å². The molecular weight excluding hydrogens is 347 g/mol. The number of nitriles is 1. The monoisotopic (exact) mass is 359 g/mol. The topological polar surface area (TPSA) is 82.0 Å². The smallest absolute Gasteiger partial charge is 0.320 e. The second-order valence-electron chi connectivity index (χ2n) is 5.95. The Hall–Kier alpha value is -3.34. The van der Waals surface area contributed by atoms with E-state index in [4.69, 9.17) is 5.26 Å². The Kier molecular flexibility index (Phi) is 3.95. The van der Waals surface area contributed by atoms with Crippen molar-refractivity contribution >= 4 is 11.9 Å². The highest BCUT2D eigenvalue weighted by Gasteiger charge is 2.44. The van der Waals surface area contributed by atoms with Crippen LogP contribution in [0.15, 0.2) is 42.5 Å². The number of halogens is 3. The van der Waals surface area contributed by atoms with Crippen LogP contribution in [0.5, 0.6) is 0 Å². The van der Waals surface area contributed by atoms with E-state index in [-0.39, 0.29) is 5.56 Å².